The Morgan fingerprint density at radius 3 is 2.81 bits per heavy atom. The van der Waals surface area contributed by atoms with E-state index in [2.05, 4.69) is 41.2 Å². The van der Waals surface area contributed by atoms with E-state index in [4.69, 9.17) is 9.72 Å². The van der Waals surface area contributed by atoms with Gasteiger partial charge >= 0.3 is 0 Å². The molecule has 0 unspecified atom stereocenters. The standard InChI is InChI=1S/C17H17N3O/c1-20-16-6-5-14(21-2)8-15(16)19-17(20)11-3-4-12-9-18-10-13(12)7-11/h3-8,18H,9-10H2,1-2H3. The van der Waals surface area contributed by atoms with Crippen LogP contribution < -0.4 is 10.1 Å². The van der Waals surface area contributed by atoms with Gasteiger partial charge in [0, 0.05) is 31.8 Å². The molecule has 0 amide bonds. The number of nitrogens with zero attached hydrogens (tertiary/aromatic N) is 2. The zero-order chi connectivity index (χ0) is 14.4. The highest BCUT2D eigenvalue weighted by atomic mass is 16.5. The van der Waals surface area contributed by atoms with E-state index in [-0.39, 0.29) is 0 Å². The van der Waals surface area contributed by atoms with E-state index in [1.807, 2.05) is 12.1 Å². The molecule has 1 aromatic heterocycles. The second-order valence-electron chi connectivity index (χ2n) is 5.44. The Morgan fingerprint density at radius 2 is 1.95 bits per heavy atom. The number of ether oxygens (including phenoxy) is 1. The molecular weight excluding hydrogens is 262 g/mol. The first kappa shape index (κ1) is 12.4. The lowest BCUT2D eigenvalue weighted by Crippen LogP contribution is -1.99. The number of methoxy groups -OCH3 is 1. The van der Waals surface area contributed by atoms with Crippen LogP contribution in [0.5, 0.6) is 5.75 Å². The van der Waals surface area contributed by atoms with Crippen LogP contribution in [0.15, 0.2) is 36.4 Å². The van der Waals surface area contributed by atoms with Crippen LogP contribution in [-0.4, -0.2) is 16.7 Å². The summed E-state index contributed by atoms with van der Waals surface area (Å²) in [7, 11) is 3.74. The minimum Gasteiger partial charge on any atom is -0.497 e. The maximum Gasteiger partial charge on any atom is 0.140 e. The molecule has 0 bridgehead atoms. The first-order valence-electron chi connectivity index (χ1n) is 7.09. The molecule has 4 heteroatoms. The van der Waals surface area contributed by atoms with Gasteiger partial charge in [-0.2, -0.15) is 0 Å². The number of nitrogens with one attached hydrogen (secondary N) is 1. The van der Waals surface area contributed by atoms with Gasteiger partial charge < -0.3 is 14.6 Å². The fourth-order valence-electron chi connectivity index (χ4n) is 3.00. The number of rotatable bonds is 2. The molecule has 3 aromatic rings. The molecule has 2 aromatic carbocycles. The van der Waals surface area contributed by atoms with E-state index in [0.717, 1.165) is 41.3 Å². The third kappa shape index (κ3) is 1.91. The summed E-state index contributed by atoms with van der Waals surface area (Å²) < 4.78 is 7.42. The maximum atomic E-state index is 5.28. The molecular formula is C17H17N3O. The fraction of sp³-hybridized carbons (Fsp3) is 0.235. The second-order valence-corrected chi connectivity index (χ2v) is 5.44. The molecule has 21 heavy (non-hydrogen) atoms. The zero-order valence-electron chi connectivity index (χ0n) is 12.2. The molecule has 0 saturated carbocycles. The van der Waals surface area contributed by atoms with Crippen molar-refractivity contribution in [3.63, 3.8) is 0 Å². The van der Waals surface area contributed by atoms with Crippen molar-refractivity contribution >= 4 is 11.0 Å². The van der Waals surface area contributed by atoms with E-state index in [1.165, 1.54) is 11.1 Å². The van der Waals surface area contributed by atoms with E-state index in [9.17, 15) is 0 Å². The van der Waals surface area contributed by atoms with Gasteiger partial charge in [-0.25, -0.2) is 4.98 Å². The first-order valence-corrected chi connectivity index (χ1v) is 7.09. The monoisotopic (exact) mass is 279 g/mol. The Balaban J connectivity index is 1.88. The van der Waals surface area contributed by atoms with E-state index >= 15 is 0 Å². The lowest BCUT2D eigenvalue weighted by molar-refractivity contribution is 0.415. The lowest BCUT2D eigenvalue weighted by Gasteiger charge is -2.05. The van der Waals surface area contributed by atoms with Gasteiger partial charge in [0.1, 0.15) is 11.6 Å². The number of aromatic nitrogens is 2. The van der Waals surface area contributed by atoms with Gasteiger partial charge in [0.2, 0.25) is 0 Å². The highest BCUT2D eigenvalue weighted by molar-refractivity contribution is 5.82. The molecule has 1 aliphatic heterocycles. The van der Waals surface area contributed by atoms with Gasteiger partial charge in [-0.3, -0.25) is 0 Å². The summed E-state index contributed by atoms with van der Waals surface area (Å²) in [4.78, 5) is 4.78. The second kappa shape index (κ2) is 4.60. The van der Waals surface area contributed by atoms with Gasteiger partial charge in [0.25, 0.3) is 0 Å². The van der Waals surface area contributed by atoms with E-state index in [1.54, 1.807) is 7.11 Å². The van der Waals surface area contributed by atoms with Crippen molar-refractivity contribution in [3.05, 3.63) is 47.5 Å². The van der Waals surface area contributed by atoms with Crippen LogP contribution >= 0.6 is 0 Å². The summed E-state index contributed by atoms with van der Waals surface area (Å²) in [6.45, 7) is 1.91. The van der Waals surface area contributed by atoms with Crippen LogP contribution in [0.25, 0.3) is 22.4 Å². The van der Waals surface area contributed by atoms with Gasteiger partial charge in [0.05, 0.1) is 18.1 Å². The predicted molar refractivity (Wildman–Crippen MR) is 83.2 cm³/mol. The average Bonchev–Trinajstić information content (AvgIpc) is 3.10. The zero-order valence-corrected chi connectivity index (χ0v) is 12.2. The quantitative estimate of drug-likeness (QED) is 0.784. The summed E-state index contributed by atoms with van der Waals surface area (Å²) in [5, 5.41) is 3.38. The molecule has 2 heterocycles. The summed E-state index contributed by atoms with van der Waals surface area (Å²) in [6, 6.07) is 12.6. The third-order valence-corrected chi connectivity index (χ3v) is 4.18. The Morgan fingerprint density at radius 1 is 1.10 bits per heavy atom. The molecule has 1 aliphatic rings. The van der Waals surface area contributed by atoms with Gasteiger partial charge in [0.15, 0.2) is 0 Å². The Bertz CT molecular complexity index is 835. The Labute approximate surface area is 123 Å². The van der Waals surface area contributed by atoms with Crippen molar-refractivity contribution in [1.29, 1.82) is 0 Å². The number of hydrogen-bond donors (Lipinski definition) is 1. The Hall–Kier alpha value is -2.33. The normalized spacial score (nSPS) is 13.6. The fourth-order valence-corrected chi connectivity index (χ4v) is 3.00. The number of benzene rings is 2. The van der Waals surface area contributed by atoms with Crippen molar-refractivity contribution < 1.29 is 4.74 Å². The van der Waals surface area contributed by atoms with Gasteiger partial charge in [-0.05, 0) is 29.3 Å². The van der Waals surface area contributed by atoms with Crippen LogP contribution in [0.1, 0.15) is 11.1 Å². The van der Waals surface area contributed by atoms with Gasteiger partial charge in [-0.1, -0.05) is 12.1 Å². The predicted octanol–water partition coefficient (Wildman–Crippen LogP) is 2.85. The lowest BCUT2D eigenvalue weighted by atomic mass is 10.1. The minimum atomic E-state index is 0.838. The summed E-state index contributed by atoms with van der Waals surface area (Å²) >= 11 is 0. The van der Waals surface area contributed by atoms with Crippen LogP contribution in [0, 0.1) is 0 Å². The van der Waals surface area contributed by atoms with E-state index in [0.29, 0.717) is 0 Å². The average molecular weight is 279 g/mol. The van der Waals surface area contributed by atoms with Gasteiger partial charge in [-0.15, -0.1) is 0 Å². The van der Waals surface area contributed by atoms with Crippen molar-refractivity contribution in [2.75, 3.05) is 7.11 Å². The van der Waals surface area contributed by atoms with Crippen LogP contribution in [-0.2, 0) is 20.1 Å². The number of imidazole rings is 1. The summed E-state index contributed by atoms with van der Waals surface area (Å²) in [6.07, 6.45) is 0. The minimum absolute atomic E-state index is 0.838. The smallest absolute Gasteiger partial charge is 0.140 e. The van der Waals surface area contributed by atoms with Crippen molar-refractivity contribution in [1.82, 2.24) is 14.9 Å². The van der Waals surface area contributed by atoms with Crippen molar-refractivity contribution in [3.8, 4) is 17.1 Å². The topological polar surface area (TPSA) is 39.1 Å². The van der Waals surface area contributed by atoms with Crippen molar-refractivity contribution in [2.45, 2.75) is 13.1 Å². The molecule has 0 aliphatic carbocycles. The number of fused-ring (bicyclic) bond motifs is 2. The van der Waals surface area contributed by atoms with Crippen LogP contribution in [0.4, 0.5) is 0 Å². The van der Waals surface area contributed by atoms with Crippen molar-refractivity contribution in [2.24, 2.45) is 7.05 Å². The molecule has 106 valence electrons. The Kier molecular flexibility index (Phi) is 2.72. The molecule has 0 atom stereocenters. The van der Waals surface area contributed by atoms with Crippen LogP contribution in [0.3, 0.4) is 0 Å². The molecule has 4 rings (SSSR count). The summed E-state index contributed by atoms with van der Waals surface area (Å²) in [5.41, 5.74) is 6.00. The number of hydrogen-bond acceptors (Lipinski definition) is 3. The largest absolute Gasteiger partial charge is 0.497 e. The molecule has 0 fully saturated rings. The molecule has 0 saturated heterocycles. The highest BCUT2D eigenvalue weighted by Gasteiger charge is 2.14. The third-order valence-electron chi connectivity index (χ3n) is 4.18. The molecule has 0 radical (unpaired) electrons. The highest BCUT2D eigenvalue weighted by Crippen LogP contribution is 2.28. The first-order chi connectivity index (χ1) is 10.3. The SMILES string of the molecule is COc1ccc2c(c1)nc(-c1ccc3c(c1)CNC3)n2C. The molecule has 1 N–H and O–H groups in total. The summed E-state index contributed by atoms with van der Waals surface area (Å²) in [5.74, 6) is 1.83. The molecule has 0 spiro atoms. The maximum absolute atomic E-state index is 5.28. The number of aryl methyl sites for hydroxylation is 1. The van der Waals surface area contributed by atoms with Crippen LogP contribution in [0.2, 0.25) is 0 Å². The molecule has 4 nitrogen and oxygen atoms in total. The van der Waals surface area contributed by atoms with E-state index < -0.39 is 0 Å².